The summed E-state index contributed by atoms with van der Waals surface area (Å²) < 4.78 is 10.2. The highest BCUT2D eigenvalue weighted by Gasteiger charge is 2.32. The van der Waals surface area contributed by atoms with Gasteiger partial charge < -0.3 is 20.1 Å². The van der Waals surface area contributed by atoms with Gasteiger partial charge in [-0.15, -0.1) is 11.3 Å². The van der Waals surface area contributed by atoms with E-state index in [2.05, 4.69) is 0 Å². The number of carbonyl (C=O) groups excluding carboxylic acids is 2. The number of anilines is 2. The van der Waals surface area contributed by atoms with Gasteiger partial charge in [0.25, 0.3) is 0 Å². The number of hydrogen-bond acceptors (Lipinski definition) is 7. The molecule has 2 heterocycles. The Morgan fingerprint density at radius 1 is 1.43 bits per heavy atom. The molecule has 116 valence electrons. The highest BCUT2D eigenvalue weighted by Crippen LogP contribution is 2.40. The smallest absolute Gasteiger partial charge is 0.343 e. The summed E-state index contributed by atoms with van der Waals surface area (Å²) in [6.07, 6.45) is 1.36. The third-order valence-corrected chi connectivity index (χ3v) is 4.96. The van der Waals surface area contributed by atoms with Crippen LogP contribution < -0.4 is 10.6 Å². The highest BCUT2D eigenvalue weighted by atomic mass is 32.1. The molecule has 0 radical (unpaired) electrons. The molecular formula is C14H20N2O4S. The Labute approximate surface area is 127 Å². The van der Waals surface area contributed by atoms with Gasteiger partial charge in [0.05, 0.1) is 23.8 Å². The molecule has 7 heteroatoms. The molecule has 1 saturated heterocycles. The lowest BCUT2D eigenvalue weighted by molar-refractivity contribution is 0.0603. The van der Waals surface area contributed by atoms with E-state index in [0.717, 1.165) is 13.0 Å². The summed E-state index contributed by atoms with van der Waals surface area (Å²) in [5.41, 5.74) is 6.56. The number of esters is 1. The van der Waals surface area contributed by atoms with Crippen molar-refractivity contribution in [2.24, 2.45) is 0 Å². The first-order valence-electron chi connectivity index (χ1n) is 6.84. The monoisotopic (exact) mass is 312 g/mol. The number of hydrogen-bond donors (Lipinski definition) is 1. The first-order valence-corrected chi connectivity index (χ1v) is 7.66. The Hall–Kier alpha value is -1.60. The zero-order valence-corrected chi connectivity index (χ0v) is 13.3. The fourth-order valence-electron chi connectivity index (χ4n) is 2.43. The van der Waals surface area contributed by atoms with E-state index in [4.69, 9.17) is 15.2 Å². The van der Waals surface area contributed by atoms with Gasteiger partial charge in [0.2, 0.25) is 0 Å². The van der Waals surface area contributed by atoms with E-state index in [0.29, 0.717) is 28.4 Å². The number of carbonyl (C=O) groups is 2. The summed E-state index contributed by atoms with van der Waals surface area (Å²) >= 11 is 1.27. The number of nitrogens with two attached hydrogens (primary N) is 1. The Morgan fingerprint density at radius 3 is 2.67 bits per heavy atom. The molecule has 21 heavy (non-hydrogen) atoms. The number of nitrogen functional groups attached to an aromatic ring is 1. The van der Waals surface area contributed by atoms with Gasteiger partial charge >= 0.3 is 5.97 Å². The molecule has 1 fully saturated rings. The Balaban J connectivity index is 2.44. The zero-order chi connectivity index (χ0) is 15.6. The van der Waals surface area contributed by atoms with Gasteiger partial charge in [0.1, 0.15) is 10.6 Å². The Bertz CT molecular complexity index is 555. The minimum atomic E-state index is -0.505. The largest absolute Gasteiger partial charge is 0.465 e. The number of ether oxygens (including phenoxy) is 2. The maximum Gasteiger partial charge on any atom is 0.343 e. The molecule has 1 atom stereocenters. The second kappa shape index (κ2) is 6.44. The summed E-state index contributed by atoms with van der Waals surface area (Å²) in [7, 11) is 2.98. The molecule has 0 aliphatic carbocycles. The van der Waals surface area contributed by atoms with Gasteiger partial charge in [0, 0.05) is 26.6 Å². The van der Waals surface area contributed by atoms with Crippen LogP contribution in [-0.2, 0) is 9.47 Å². The predicted octanol–water partition coefficient (Wildman–Crippen LogP) is 1.93. The normalized spacial score (nSPS) is 18.0. The van der Waals surface area contributed by atoms with Crippen molar-refractivity contribution in [1.82, 2.24) is 0 Å². The molecule has 1 aromatic rings. The molecule has 1 aromatic heterocycles. The van der Waals surface area contributed by atoms with E-state index >= 15 is 0 Å². The van der Waals surface area contributed by atoms with E-state index in [1.807, 2.05) is 4.90 Å². The fourth-order valence-corrected chi connectivity index (χ4v) is 3.68. The van der Waals surface area contributed by atoms with Crippen molar-refractivity contribution in [2.75, 3.05) is 37.9 Å². The van der Waals surface area contributed by atoms with Gasteiger partial charge in [-0.2, -0.15) is 0 Å². The molecule has 1 unspecified atom stereocenters. The van der Waals surface area contributed by atoms with Crippen molar-refractivity contribution in [2.45, 2.75) is 25.9 Å². The lowest BCUT2D eigenvalue weighted by Crippen LogP contribution is -2.23. The average Bonchev–Trinajstić information content (AvgIpc) is 3.09. The molecule has 1 aliphatic heterocycles. The molecule has 1 aliphatic rings. The van der Waals surface area contributed by atoms with E-state index in [1.54, 1.807) is 14.0 Å². The number of Topliss-reactive ketones (excluding diaryl/α,β-unsaturated/α-hetero) is 1. The van der Waals surface area contributed by atoms with Crippen LogP contribution >= 0.6 is 11.3 Å². The third kappa shape index (κ3) is 2.89. The van der Waals surface area contributed by atoms with Crippen molar-refractivity contribution in [1.29, 1.82) is 0 Å². The maximum atomic E-state index is 12.0. The Kier molecular flexibility index (Phi) is 4.84. The first-order chi connectivity index (χ1) is 10.0. The van der Waals surface area contributed by atoms with E-state index in [9.17, 15) is 9.59 Å². The van der Waals surface area contributed by atoms with Crippen molar-refractivity contribution in [3.05, 3.63) is 10.4 Å². The summed E-state index contributed by atoms with van der Waals surface area (Å²) in [6, 6.07) is 0. The summed E-state index contributed by atoms with van der Waals surface area (Å²) in [5, 5.41) is 0.704. The van der Waals surface area contributed by atoms with Crippen LogP contribution in [0.4, 0.5) is 10.7 Å². The molecule has 6 nitrogen and oxygen atoms in total. The molecular weight excluding hydrogens is 292 g/mol. The fraction of sp³-hybridized carbons (Fsp3) is 0.571. The van der Waals surface area contributed by atoms with Crippen LogP contribution in [0.1, 0.15) is 39.8 Å². The topological polar surface area (TPSA) is 81.9 Å². The lowest BCUT2D eigenvalue weighted by atomic mass is 10.1. The maximum absolute atomic E-state index is 12.0. The van der Waals surface area contributed by atoms with E-state index in [-0.39, 0.29) is 17.6 Å². The van der Waals surface area contributed by atoms with Gasteiger partial charge in [-0.05, 0) is 6.42 Å². The van der Waals surface area contributed by atoms with E-state index in [1.165, 1.54) is 18.4 Å². The minimum Gasteiger partial charge on any atom is -0.465 e. The molecule has 0 spiro atoms. The van der Waals surface area contributed by atoms with Crippen molar-refractivity contribution in [3.8, 4) is 0 Å². The SMILES string of the molecule is CCC(=O)c1sc(N2CCC(OC)C2)c(C(=O)OC)c1N. The molecule has 2 N–H and O–H groups in total. The highest BCUT2D eigenvalue weighted by molar-refractivity contribution is 7.19. The van der Waals surface area contributed by atoms with Crippen LogP contribution in [0.15, 0.2) is 0 Å². The minimum absolute atomic E-state index is 0.0589. The second-order valence-electron chi connectivity index (χ2n) is 4.89. The quantitative estimate of drug-likeness (QED) is 0.661. The van der Waals surface area contributed by atoms with Crippen molar-refractivity contribution < 1.29 is 19.1 Å². The Morgan fingerprint density at radius 2 is 2.14 bits per heavy atom. The third-order valence-electron chi connectivity index (χ3n) is 3.66. The summed E-state index contributed by atoms with van der Waals surface area (Å²) in [4.78, 5) is 26.5. The van der Waals surface area contributed by atoms with Crippen molar-refractivity contribution in [3.63, 3.8) is 0 Å². The van der Waals surface area contributed by atoms with Gasteiger partial charge in [-0.1, -0.05) is 6.92 Å². The predicted molar refractivity (Wildman–Crippen MR) is 82.3 cm³/mol. The molecule has 0 bridgehead atoms. The zero-order valence-electron chi connectivity index (χ0n) is 12.5. The van der Waals surface area contributed by atoms with Crippen LogP contribution in [0, 0.1) is 0 Å². The number of ketones is 1. The van der Waals surface area contributed by atoms with Gasteiger partial charge in [-0.3, -0.25) is 4.79 Å². The molecule has 2 rings (SSSR count). The van der Waals surface area contributed by atoms with Gasteiger partial charge in [0.15, 0.2) is 5.78 Å². The first kappa shape index (κ1) is 15.8. The van der Waals surface area contributed by atoms with Crippen LogP contribution in [0.25, 0.3) is 0 Å². The number of thiophene rings is 1. The number of nitrogens with zero attached hydrogens (tertiary/aromatic N) is 1. The number of rotatable bonds is 5. The summed E-state index contributed by atoms with van der Waals surface area (Å²) in [5.74, 6) is -0.564. The van der Waals surface area contributed by atoms with E-state index < -0.39 is 5.97 Å². The molecule has 0 aromatic carbocycles. The van der Waals surface area contributed by atoms with Crippen molar-refractivity contribution >= 4 is 33.8 Å². The van der Waals surface area contributed by atoms with Gasteiger partial charge in [-0.25, -0.2) is 4.79 Å². The molecule has 0 amide bonds. The van der Waals surface area contributed by atoms with Crippen LogP contribution in [0.3, 0.4) is 0 Å². The lowest BCUT2D eigenvalue weighted by Gasteiger charge is -2.17. The average molecular weight is 312 g/mol. The van der Waals surface area contributed by atoms with Crippen LogP contribution in [-0.4, -0.2) is 45.2 Å². The second-order valence-corrected chi connectivity index (χ2v) is 5.88. The van der Waals surface area contributed by atoms with Crippen LogP contribution in [0.2, 0.25) is 0 Å². The standard InChI is InChI=1S/C14H20N2O4S/c1-4-9(17)12-11(15)10(14(18)20-3)13(21-12)16-6-5-8(7-16)19-2/h8H,4-7,15H2,1-3H3. The van der Waals surface area contributed by atoms with Crippen LogP contribution in [0.5, 0.6) is 0 Å². The summed E-state index contributed by atoms with van der Waals surface area (Å²) in [6.45, 7) is 3.22. The molecule has 0 saturated carbocycles. The number of methoxy groups -OCH3 is 2.